The quantitative estimate of drug-likeness (QED) is 0.434. The molecule has 0 saturated heterocycles. The van der Waals surface area contributed by atoms with Gasteiger partial charge in [0.05, 0.1) is 11.8 Å². The number of fused-ring (bicyclic) bond motifs is 1. The number of furan rings is 1. The van der Waals surface area contributed by atoms with E-state index in [0.717, 1.165) is 55.7 Å². The van der Waals surface area contributed by atoms with Crippen LogP contribution in [0.15, 0.2) is 77.6 Å². The number of rotatable bonds is 8. The predicted molar refractivity (Wildman–Crippen MR) is 127 cm³/mol. The number of benzene rings is 2. The molecule has 3 heterocycles. The van der Waals surface area contributed by atoms with Gasteiger partial charge in [-0.2, -0.15) is 0 Å². The topological polar surface area (TPSA) is 85.4 Å². The average Bonchev–Trinajstić information content (AvgIpc) is 3.48. The molecule has 1 amide bonds. The summed E-state index contributed by atoms with van der Waals surface area (Å²) < 4.78 is 13.1. The van der Waals surface area contributed by atoms with Crippen LogP contribution in [0.3, 0.4) is 0 Å². The van der Waals surface area contributed by atoms with E-state index in [1.54, 1.807) is 6.07 Å². The third kappa shape index (κ3) is 5.35. The molecule has 0 aliphatic carbocycles. The van der Waals surface area contributed by atoms with Crippen LogP contribution in [0.4, 0.5) is 0 Å². The van der Waals surface area contributed by atoms with Gasteiger partial charge >= 0.3 is 0 Å². The second kappa shape index (κ2) is 10.4. The van der Waals surface area contributed by atoms with Gasteiger partial charge in [-0.15, -0.1) is 10.2 Å². The lowest BCUT2D eigenvalue weighted by atomic mass is 10.2. The summed E-state index contributed by atoms with van der Waals surface area (Å²) in [5.41, 5.74) is 1.74. The Kier molecular flexibility index (Phi) is 6.67. The van der Waals surface area contributed by atoms with E-state index >= 15 is 0 Å². The van der Waals surface area contributed by atoms with Crippen LogP contribution in [0.25, 0.3) is 0 Å². The third-order valence-electron chi connectivity index (χ3n) is 5.90. The molecule has 5 rings (SSSR count). The molecular weight excluding hydrogens is 430 g/mol. The van der Waals surface area contributed by atoms with E-state index in [0.29, 0.717) is 18.5 Å². The van der Waals surface area contributed by atoms with Crippen LogP contribution in [0.1, 0.15) is 27.6 Å². The Balaban J connectivity index is 1.15. The van der Waals surface area contributed by atoms with Crippen molar-refractivity contribution >= 4 is 5.91 Å². The first-order chi connectivity index (χ1) is 16.7. The fourth-order valence-electron chi connectivity index (χ4n) is 4.14. The maximum atomic E-state index is 12.1. The van der Waals surface area contributed by atoms with Crippen molar-refractivity contribution in [2.75, 3.05) is 19.6 Å². The van der Waals surface area contributed by atoms with Crippen LogP contribution in [-0.2, 0) is 25.9 Å². The number of carbonyl (C=O) groups excluding carboxylic acids is 1. The van der Waals surface area contributed by atoms with Crippen molar-refractivity contribution < 1.29 is 13.9 Å². The van der Waals surface area contributed by atoms with Gasteiger partial charge in [-0.3, -0.25) is 9.69 Å². The zero-order valence-corrected chi connectivity index (χ0v) is 18.9. The van der Waals surface area contributed by atoms with E-state index in [-0.39, 0.29) is 5.91 Å². The number of amides is 1. The second-order valence-electron chi connectivity index (χ2n) is 8.29. The number of para-hydroxylation sites is 1. The highest BCUT2D eigenvalue weighted by molar-refractivity contribution is 5.93. The summed E-state index contributed by atoms with van der Waals surface area (Å²) in [5, 5.41) is 11.7. The van der Waals surface area contributed by atoms with Crippen molar-refractivity contribution in [2.45, 2.75) is 25.9 Å². The number of nitrogens with one attached hydrogen (secondary N) is 1. The van der Waals surface area contributed by atoms with Crippen molar-refractivity contribution in [3.8, 4) is 11.5 Å². The minimum Gasteiger partial charge on any atom is -0.472 e. The number of hydrogen-bond acceptors (Lipinski definition) is 6. The van der Waals surface area contributed by atoms with Gasteiger partial charge in [0.15, 0.2) is 0 Å². The van der Waals surface area contributed by atoms with E-state index in [4.69, 9.17) is 9.15 Å². The Labute approximate surface area is 198 Å². The molecule has 1 aliphatic rings. The molecular formula is C26H27N5O3. The summed E-state index contributed by atoms with van der Waals surface area (Å²) in [5.74, 6) is 3.44. The Hall–Kier alpha value is -3.91. The molecule has 8 heteroatoms. The number of carbonyl (C=O) groups is 1. The van der Waals surface area contributed by atoms with Crippen LogP contribution in [-0.4, -0.2) is 45.2 Å². The monoisotopic (exact) mass is 457 g/mol. The number of hydrogen-bond donors (Lipinski definition) is 1. The fraction of sp³-hybridized carbons (Fsp3) is 0.269. The molecule has 34 heavy (non-hydrogen) atoms. The third-order valence-corrected chi connectivity index (χ3v) is 5.90. The fourth-order valence-corrected chi connectivity index (χ4v) is 4.14. The van der Waals surface area contributed by atoms with Gasteiger partial charge in [0.25, 0.3) is 5.91 Å². The van der Waals surface area contributed by atoms with Crippen LogP contribution in [0, 0.1) is 0 Å². The molecule has 174 valence electrons. The average molecular weight is 458 g/mol. The highest BCUT2D eigenvalue weighted by Gasteiger charge is 2.19. The van der Waals surface area contributed by atoms with E-state index in [1.807, 2.05) is 42.5 Å². The number of nitrogens with zero attached hydrogens (tertiary/aromatic N) is 4. The van der Waals surface area contributed by atoms with Crippen LogP contribution in [0.2, 0.25) is 0 Å². The lowest BCUT2D eigenvalue weighted by Crippen LogP contribution is -2.28. The van der Waals surface area contributed by atoms with Crippen molar-refractivity contribution in [1.29, 1.82) is 0 Å². The number of aromatic nitrogens is 3. The smallest absolute Gasteiger partial charge is 0.254 e. The molecule has 8 nitrogen and oxygen atoms in total. The molecule has 2 aromatic carbocycles. The maximum absolute atomic E-state index is 12.1. The summed E-state index contributed by atoms with van der Waals surface area (Å²) in [6, 6.07) is 19.7. The van der Waals surface area contributed by atoms with E-state index < -0.39 is 0 Å². The summed E-state index contributed by atoms with van der Waals surface area (Å²) in [6.07, 6.45) is 4.41. The van der Waals surface area contributed by atoms with Gasteiger partial charge in [0.1, 0.15) is 29.4 Å². The minimum atomic E-state index is -0.144. The largest absolute Gasteiger partial charge is 0.472 e. The maximum Gasteiger partial charge on any atom is 0.254 e. The zero-order valence-electron chi connectivity index (χ0n) is 18.9. The summed E-state index contributed by atoms with van der Waals surface area (Å²) in [6.45, 7) is 4.00. The van der Waals surface area contributed by atoms with Gasteiger partial charge < -0.3 is 19.0 Å². The molecule has 0 atom stereocenters. The number of ether oxygens (including phenoxy) is 1. The molecule has 0 saturated carbocycles. The molecule has 1 N–H and O–H groups in total. The molecule has 1 aliphatic heterocycles. The van der Waals surface area contributed by atoms with Crippen molar-refractivity contribution in [1.82, 2.24) is 25.0 Å². The van der Waals surface area contributed by atoms with Crippen LogP contribution >= 0.6 is 0 Å². The van der Waals surface area contributed by atoms with Crippen LogP contribution < -0.4 is 10.1 Å². The standard InChI is InChI=1S/C26H27N5O3/c32-26(21-11-16-33-19-21)27-12-9-24-28-29-25-10-13-30(14-15-31(24)25)18-20-5-4-8-23(17-20)34-22-6-2-1-3-7-22/h1-8,11,16-17,19H,9-10,12-15,18H2,(H,27,32). The molecule has 0 spiro atoms. The molecule has 2 aromatic heterocycles. The Morgan fingerprint density at radius 1 is 1.00 bits per heavy atom. The van der Waals surface area contributed by atoms with Gasteiger partial charge in [-0.05, 0) is 35.9 Å². The minimum absolute atomic E-state index is 0.144. The Morgan fingerprint density at radius 2 is 1.88 bits per heavy atom. The Morgan fingerprint density at radius 3 is 2.74 bits per heavy atom. The van der Waals surface area contributed by atoms with E-state index in [9.17, 15) is 4.79 Å². The molecule has 0 unspecified atom stereocenters. The first kappa shape index (κ1) is 21.9. The Bertz CT molecular complexity index is 1220. The van der Waals surface area contributed by atoms with Crippen LogP contribution in [0.5, 0.6) is 11.5 Å². The van der Waals surface area contributed by atoms with Gasteiger partial charge in [-0.25, -0.2) is 0 Å². The van der Waals surface area contributed by atoms with Gasteiger partial charge in [-0.1, -0.05) is 30.3 Å². The highest BCUT2D eigenvalue weighted by Crippen LogP contribution is 2.23. The summed E-state index contributed by atoms with van der Waals surface area (Å²) in [7, 11) is 0. The highest BCUT2D eigenvalue weighted by atomic mass is 16.5. The molecule has 0 bridgehead atoms. The summed E-state index contributed by atoms with van der Waals surface area (Å²) >= 11 is 0. The molecule has 4 aromatic rings. The molecule has 0 fully saturated rings. The molecule has 0 radical (unpaired) electrons. The second-order valence-corrected chi connectivity index (χ2v) is 8.29. The first-order valence-corrected chi connectivity index (χ1v) is 11.5. The lowest BCUT2D eigenvalue weighted by Gasteiger charge is -2.20. The van der Waals surface area contributed by atoms with Gasteiger partial charge in [0.2, 0.25) is 0 Å². The first-order valence-electron chi connectivity index (χ1n) is 11.5. The zero-order chi connectivity index (χ0) is 23.2. The normalized spacial score (nSPS) is 13.8. The van der Waals surface area contributed by atoms with Crippen molar-refractivity contribution in [3.05, 3.63) is 96.0 Å². The predicted octanol–water partition coefficient (Wildman–Crippen LogP) is 3.69. The van der Waals surface area contributed by atoms with E-state index in [2.05, 4.69) is 37.1 Å². The van der Waals surface area contributed by atoms with Crippen molar-refractivity contribution in [2.24, 2.45) is 0 Å². The lowest BCUT2D eigenvalue weighted by molar-refractivity contribution is 0.0953. The summed E-state index contributed by atoms with van der Waals surface area (Å²) in [4.78, 5) is 14.5. The van der Waals surface area contributed by atoms with E-state index in [1.165, 1.54) is 18.1 Å². The van der Waals surface area contributed by atoms with Crippen molar-refractivity contribution in [3.63, 3.8) is 0 Å². The van der Waals surface area contributed by atoms with Gasteiger partial charge in [0, 0.05) is 45.6 Å². The SMILES string of the molecule is O=C(NCCc1nnc2n1CCN(Cc1cccc(Oc3ccccc3)c1)CC2)c1ccoc1.